The molecule has 2 aliphatic rings. The van der Waals surface area contributed by atoms with Crippen LogP contribution in [0.3, 0.4) is 0 Å². The Morgan fingerprint density at radius 1 is 1.29 bits per heavy atom. The maximum atomic E-state index is 13.1. The number of carbonyl (C=O) groups is 2. The van der Waals surface area contributed by atoms with Gasteiger partial charge in [-0.3, -0.25) is 19.2 Å². The minimum absolute atomic E-state index is 0.0189. The maximum absolute atomic E-state index is 13.1. The van der Waals surface area contributed by atoms with E-state index >= 15 is 0 Å². The molecule has 21 heavy (non-hydrogen) atoms. The maximum Gasteiger partial charge on any atom is 0.253 e. The molecule has 0 aromatic carbocycles. The summed E-state index contributed by atoms with van der Waals surface area (Å²) in [5.74, 6) is -0.0508. The molecular weight excluding hydrogens is 268 g/mol. The van der Waals surface area contributed by atoms with E-state index in [2.05, 4.69) is 10.4 Å². The van der Waals surface area contributed by atoms with Crippen LogP contribution in [0.2, 0.25) is 0 Å². The molecule has 0 bridgehead atoms. The molecule has 2 heterocycles. The van der Waals surface area contributed by atoms with Crippen molar-refractivity contribution in [2.45, 2.75) is 57.5 Å². The SMILES string of the molecule is Cc1nn(C)cc1N1C(=O)C2(CCCCC2)NC(=O)C1C. The molecule has 2 amide bonds. The van der Waals surface area contributed by atoms with Gasteiger partial charge in [-0.05, 0) is 26.7 Å². The molecule has 1 aliphatic heterocycles. The normalized spacial score (nSPS) is 25.3. The molecule has 1 saturated heterocycles. The van der Waals surface area contributed by atoms with E-state index in [1.54, 1.807) is 16.5 Å². The van der Waals surface area contributed by atoms with Gasteiger partial charge in [0.05, 0.1) is 11.4 Å². The summed E-state index contributed by atoms with van der Waals surface area (Å²) in [7, 11) is 1.83. The van der Waals surface area contributed by atoms with Crippen molar-refractivity contribution in [3.05, 3.63) is 11.9 Å². The van der Waals surface area contributed by atoms with Crippen LogP contribution in [-0.2, 0) is 16.6 Å². The van der Waals surface area contributed by atoms with E-state index in [0.717, 1.165) is 43.5 Å². The van der Waals surface area contributed by atoms with Gasteiger partial charge < -0.3 is 5.32 Å². The highest BCUT2D eigenvalue weighted by Gasteiger charge is 2.50. The van der Waals surface area contributed by atoms with Crippen LogP contribution in [-0.4, -0.2) is 33.2 Å². The van der Waals surface area contributed by atoms with Gasteiger partial charge in [0.1, 0.15) is 11.6 Å². The zero-order valence-electron chi connectivity index (χ0n) is 12.8. The zero-order valence-corrected chi connectivity index (χ0v) is 12.8. The molecule has 1 atom stereocenters. The first-order valence-electron chi connectivity index (χ1n) is 7.60. The third-order valence-electron chi connectivity index (χ3n) is 4.71. The Morgan fingerprint density at radius 3 is 2.52 bits per heavy atom. The summed E-state index contributed by atoms with van der Waals surface area (Å²) in [5, 5.41) is 7.30. The number of hydrogen-bond acceptors (Lipinski definition) is 3. The van der Waals surface area contributed by atoms with Crippen LogP contribution in [0.5, 0.6) is 0 Å². The van der Waals surface area contributed by atoms with Gasteiger partial charge in [-0.25, -0.2) is 0 Å². The number of aryl methyl sites for hydroxylation is 2. The minimum Gasteiger partial charge on any atom is -0.340 e. The molecule has 6 nitrogen and oxygen atoms in total. The Kier molecular flexibility index (Phi) is 3.26. The highest BCUT2D eigenvalue weighted by atomic mass is 16.2. The van der Waals surface area contributed by atoms with Crippen LogP contribution in [0.4, 0.5) is 5.69 Å². The van der Waals surface area contributed by atoms with Crippen LogP contribution in [0, 0.1) is 6.92 Å². The average molecular weight is 290 g/mol. The number of aromatic nitrogens is 2. The van der Waals surface area contributed by atoms with E-state index in [-0.39, 0.29) is 11.8 Å². The van der Waals surface area contributed by atoms with E-state index < -0.39 is 11.6 Å². The van der Waals surface area contributed by atoms with Gasteiger partial charge in [-0.2, -0.15) is 5.10 Å². The smallest absolute Gasteiger partial charge is 0.253 e. The predicted octanol–water partition coefficient (Wildman–Crippen LogP) is 1.28. The van der Waals surface area contributed by atoms with E-state index in [1.807, 2.05) is 20.2 Å². The van der Waals surface area contributed by atoms with Gasteiger partial charge in [0.15, 0.2) is 0 Å². The second-order valence-corrected chi connectivity index (χ2v) is 6.26. The number of hydrogen-bond donors (Lipinski definition) is 1. The Hall–Kier alpha value is -1.85. The lowest BCUT2D eigenvalue weighted by Gasteiger charge is -2.46. The fourth-order valence-electron chi connectivity index (χ4n) is 3.55. The topological polar surface area (TPSA) is 67.2 Å². The fourth-order valence-corrected chi connectivity index (χ4v) is 3.55. The highest BCUT2D eigenvalue weighted by Crippen LogP contribution is 2.36. The van der Waals surface area contributed by atoms with E-state index in [0.29, 0.717) is 0 Å². The molecule has 1 aromatic heterocycles. The van der Waals surface area contributed by atoms with Gasteiger partial charge in [0.2, 0.25) is 5.91 Å². The summed E-state index contributed by atoms with van der Waals surface area (Å²) in [6.07, 6.45) is 6.39. The third-order valence-corrected chi connectivity index (χ3v) is 4.71. The Bertz CT molecular complexity index is 586. The van der Waals surface area contributed by atoms with Gasteiger partial charge in [-0.1, -0.05) is 19.3 Å². The molecule has 0 radical (unpaired) electrons. The van der Waals surface area contributed by atoms with Crippen molar-refractivity contribution >= 4 is 17.5 Å². The molecular formula is C15H22N4O2. The van der Waals surface area contributed by atoms with Crippen molar-refractivity contribution in [3.63, 3.8) is 0 Å². The summed E-state index contributed by atoms with van der Waals surface area (Å²) < 4.78 is 1.69. The second-order valence-electron chi connectivity index (χ2n) is 6.26. The molecule has 1 saturated carbocycles. The van der Waals surface area contributed by atoms with Crippen LogP contribution in [0.25, 0.3) is 0 Å². The van der Waals surface area contributed by atoms with Gasteiger partial charge in [0, 0.05) is 13.2 Å². The predicted molar refractivity (Wildman–Crippen MR) is 78.9 cm³/mol. The number of rotatable bonds is 1. The minimum atomic E-state index is -0.704. The summed E-state index contributed by atoms with van der Waals surface area (Å²) in [6, 6.07) is -0.493. The number of amides is 2. The van der Waals surface area contributed by atoms with E-state index in [9.17, 15) is 9.59 Å². The van der Waals surface area contributed by atoms with Crippen LogP contribution in [0.1, 0.15) is 44.7 Å². The van der Waals surface area contributed by atoms with Crippen LogP contribution < -0.4 is 10.2 Å². The van der Waals surface area contributed by atoms with Crippen molar-refractivity contribution in [1.82, 2.24) is 15.1 Å². The standard InChI is InChI=1S/C15H22N4O2/c1-10-12(9-18(3)17-10)19-11(2)13(20)16-15(14(19)21)7-5-4-6-8-15/h9,11H,4-8H2,1-3H3,(H,16,20). The Labute approximate surface area is 124 Å². The van der Waals surface area contributed by atoms with Gasteiger partial charge in [0.25, 0.3) is 5.91 Å². The molecule has 114 valence electrons. The first-order valence-corrected chi connectivity index (χ1v) is 7.60. The van der Waals surface area contributed by atoms with E-state index in [1.165, 1.54) is 0 Å². The Morgan fingerprint density at radius 2 is 1.95 bits per heavy atom. The lowest BCUT2D eigenvalue weighted by Crippen LogP contribution is -2.70. The highest BCUT2D eigenvalue weighted by molar-refractivity contribution is 6.10. The first kappa shape index (κ1) is 14.1. The number of piperazine rings is 1. The fraction of sp³-hybridized carbons (Fsp3) is 0.667. The number of anilines is 1. The van der Waals surface area contributed by atoms with Crippen molar-refractivity contribution in [2.24, 2.45) is 7.05 Å². The van der Waals surface area contributed by atoms with Gasteiger partial charge in [-0.15, -0.1) is 0 Å². The zero-order chi connectivity index (χ0) is 15.2. The molecule has 1 aliphatic carbocycles. The average Bonchev–Trinajstić information content (AvgIpc) is 2.77. The van der Waals surface area contributed by atoms with Crippen molar-refractivity contribution < 1.29 is 9.59 Å². The summed E-state index contributed by atoms with van der Waals surface area (Å²) in [5.41, 5.74) is 0.817. The molecule has 1 N–H and O–H groups in total. The summed E-state index contributed by atoms with van der Waals surface area (Å²) >= 11 is 0. The second kappa shape index (κ2) is 4.86. The lowest BCUT2D eigenvalue weighted by atomic mass is 9.78. The molecule has 6 heteroatoms. The van der Waals surface area contributed by atoms with E-state index in [4.69, 9.17) is 0 Å². The largest absolute Gasteiger partial charge is 0.340 e. The monoisotopic (exact) mass is 290 g/mol. The molecule has 1 unspecified atom stereocenters. The van der Waals surface area contributed by atoms with Crippen LogP contribution >= 0.6 is 0 Å². The molecule has 2 fully saturated rings. The van der Waals surface area contributed by atoms with Crippen molar-refractivity contribution in [1.29, 1.82) is 0 Å². The summed E-state index contributed by atoms with van der Waals surface area (Å²) in [6.45, 7) is 3.64. The molecule has 3 rings (SSSR count). The Balaban J connectivity index is 2.03. The quantitative estimate of drug-likeness (QED) is 0.847. The first-order chi connectivity index (χ1) is 9.94. The molecule has 1 spiro atoms. The van der Waals surface area contributed by atoms with Crippen molar-refractivity contribution in [2.75, 3.05) is 4.90 Å². The number of carbonyl (C=O) groups excluding carboxylic acids is 2. The summed E-state index contributed by atoms with van der Waals surface area (Å²) in [4.78, 5) is 27.1. The molecule has 1 aromatic rings. The third kappa shape index (κ3) is 2.13. The number of nitrogens with one attached hydrogen (secondary N) is 1. The number of nitrogens with zero attached hydrogens (tertiary/aromatic N) is 3. The van der Waals surface area contributed by atoms with Gasteiger partial charge >= 0.3 is 0 Å². The lowest BCUT2D eigenvalue weighted by molar-refractivity contribution is -0.139. The van der Waals surface area contributed by atoms with Crippen LogP contribution in [0.15, 0.2) is 6.20 Å². The van der Waals surface area contributed by atoms with Crippen molar-refractivity contribution in [3.8, 4) is 0 Å².